The van der Waals surface area contributed by atoms with Gasteiger partial charge in [-0.25, -0.2) is 8.42 Å². The van der Waals surface area contributed by atoms with Gasteiger partial charge in [-0.2, -0.15) is 4.31 Å². The van der Waals surface area contributed by atoms with E-state index in [0.717, 1.165) is 43.2 Å². The minimum Gasteiger partial charge on any atom is -0.322 e. The molecule has 1 saturated heterocycles. The van der Waals surface area contributed by atoms with Gasteiger partial charge in [0.05, 0.1) is 4.90 Å². The first kappa shape index (κ1) is 23.1. The van der Waals surface area contributed by atoms with Crippen LogP contribution in [0.1, 0.15) is 52.7 Å². The van der Waals surface area contributed by atoms with Crippen LogP contribution < -0.4 is 5.32 Å². The highest BCUT2D eigenvalue weighted by atomic mass is 32.2. The van der Waals surface area contributed by atoms with Gasteiger partial charge in [-0.3, -0.25) is 9.78 Å². The van der Waals surface area contributed by atoms with Crippen molar-refractivity contribution < 1.29 is 13.2 Å². The molecule has 3 aromatic rings. The highest BCUT2D eigenvalue weighted by Gasteiger charge is 2.26. The molecule has 6 nitrogen and oxygen atoms in total. The highest BCUT2D eigenvalue weighted by Crippen LogP contribution is 2.23. The van der Waals surface area contributed by atoms with Crippen LogP contribution in [0.3, 0.4) is 0 Å². The molecule has 1 aliphatic rings. The Morgan fingerprint density at radius 2 is 1.55 bits per heavy atom. The Labute approximate surface area is 195 Å². The molecule has 0 unspecified atom stereocenters. The number of pyridine rings is 1. The lowest BCUT2D eigenvalue weighted by Crippen LogP contribution is -2.32. The fraction of sp³-hybridized carbons (Fsp3) is 0.308. The van der Waals surface area contributed by atoms with Crippen LogP contribution in [0.5, 0.6) is 0 Å². The molecular formula is C26H29N3O3S. The summed E-state index contributed by atoms with van der Waals surface area (Å²) in [6, 6.07) is 16.4. The van der Waals surface area contributed by atoms with Crippen LogP contribution in [0.4, 0.5) is 5.69 Å². The molecule has 0 aliphatic carbocycles. The van der Waals surface area contributed by atoms with Crippen molar-refractivity contribution in [3.8, 4) is 0 Å². The fourth-order valence-corrected chi connectivity index (χ4v) is 5.62. The Balaban J connectivity index is 1.49. The van der Waals surface area contributed by atoms with Gasteiger partial charge in [-0.15, -0.1) is 0 Å². The number of nitrogens with zero attached hydrogens (tertiary/aromatic N) is 2. The second-order valence-electron chi connectivity index (χ2n) is 8.48. The van der Waals surface area contributed by atoms with E-state index in [9.17, 15) is 13.2 Å². The summed E-state index contributed by atoms with van der Waals surface area (Å²) in [6.07, 6.45) is 8.17. The molecule has 172 valence electrons. The second kappa shape index (κ2) is 10.3. The van der Waals surface area contributed by atoms with Crippen LogP contribution in [-0.2, 0) is 16.4 Å². The summed E-state index contributed by atoms with van der Waals surface area (Å²) in [6.45, 7) is 2.88. The van der Waals surface area contributed by atoms with E-state index in [1.807, 2.05) is 43.3 Å². The Kier molecular flexibility index (Phi) is 7.20. The van der Waals surface area contributed by atoms with Crippen molar-refractivity contribution in [1.29, 1.82) is 0 Å². The summed E-state index contributed by atoms with van der Waals surface area (Å²) in [7, 11) is -3.62. The first-order chi connectivity index (χ1) is 15.9. The first-order valence-corrected chi connectivity index (χ1v) is 12.8. The molecular weight excluding hydrogens is 434 g/mol. The van der Waals surface area contributed by atoms with Crippen LogP contribution in [0.2, 0.25) is 0 Å². The molecule has 7 heteroatoms. The molecule has 4 rings (SSSR count). The van der Waals surface area contributed by atoms with E-state index < -0.39 is 10.0 Å². The van der Waals surface area contributed by atoms with Crippen molar-refractivity contribution in [3.63, 3.8) is 0 Å². The quantitative estimate of drug-likeness (QED) is 0.570. The van der Waals surface area contributed by atoms with Crippen molar-refractivity contribution in [3.05, 3.63) is 89.2 Å². The Morgan fingerprint density at radius 3 is 2.21 bits per heavy atom. The average molecular weight is 464 g/mol. The van der Waals surface area contributed by atoms with Crippen molar-refractivity contribution in [1.82, 2.24) is 9.29 Å². The molecule has 1 amide bonds. The van der Waals surface area contributed by atoms with Gasteiger partial charge in [0.15, 0.2) is 0 Å². The monoisotopic (exact) mass is 463 g/mol. The van der Waals surface area contributed by atoms with Gasteiger partial charge in [-0.1, -0.05) is 31.0 Å². The van der Waals surface area contributed by atoms with E-state index in [1.165, 1.54) is 11.6 Å². The van der Waals surface area contributed by atoms with Crippen molar-refractivity contribution in [2.24, 2.45) is 0 Å². The molecule has 1 fully saturated rings. The number of benzene rings is 2. The SMILES string of the molecule is Cc1ccc(S(=O)(=O)N2CCCCCC2)cc1C(=O)Nc1ccc(Cc2ccncc2)cc1. The Bertz CT molecular complexity index is 1200. The Morgan fingerprint density at radius 1 is 0.909 bits per heavy atom. The van der Waals surface area contributed by atoms with Gasteiger partial charge < -0.3 is 5.32 Å². The number of carbonyl (C=O) groups is 1. The summed E-state index contributed by atoms with van der Waals surface area (Å²) in [4.78, 5) is 17.2. The maximum atomic E-state index is 13.2. The van der Waals surface area contributed by atoms with Gasteiger partial charge in [0.1, 0.15) is 0 Å². The molecule has 0 bridgehead atoms. The number of rotatable bonds is 6. The summed E-state index contributed by atoms with van der Waals surface area (Å²) in [5, 5.41) is 2.90. The number of aromatic nitrogens is 1. The minimum absolute atomic E-state index is 0.174. The predicted octanol–water partition coefficient (Wildman–Crippen LogP) is 4.80. The van der Waals surface area contributed by atoms with E-state index in [4.69, 9.17) is 0 Å². The normalized spacial score (nSPS) is 15.1. The number of carbonyl (C=O) groups excluding carboxylic acids is 1. The lowest BCUT2D eigenvalue weighted by molar-refractivity contribution is 0.102. The average Bonchev–Trinajstić information content (AvgIpc) is 3.11. The molecule has 0 atom stereocenters. The molecule has 1 aromatic heterocycles. The summed E-state index contributed by atoms with van der Waals surface area (Å²) >= 11 is 0. The Hall–Kier alpha value is -3.03. The maximum absolute atomic E-state index is 13.2. The molecule has 0 spiro atoms. The molecule has 33 heavy (non-hydrogen) atoms. The molecule has 1 aliphatic heterocycles. The van der Waals surface area contributed by atoms with Crippen molar-refractivity contribution in [2.75, 3.05) is 18.4 Å². The molecule has 1 N–H and O–H groups in total. The topological polar surface area (TPSA) is 79.4 Å². The standard InChI is InChI=1S/C26H29N3O3S/c1-20-6-11-24(33(31,32)29-16-4-2-3-5-17-29)19-25(20)26(30)28-23-9-7-21(8-10-23)18-22-12-14-27-15-13-22/h6-15,19H,2-5,16-18H2,1H3,(H,28,30). The molecule has 2 heterocycles. The third kappa shape index (κ3) is 5.67. The van der Waals surface area contributed by atoms with Crippen LogP contribution in [-0.4, -0.2) is 36.7 Å². The number of sulfonamides is 1. The minimum atomic E-state index is -3.62. The van der Waals surface area contributed by atoms with E-state index in [1.54, 1.807) is 28.8 Å². The second-order valence-corrected chi connectivity index (χ2v) is 10.4. The number of aryl methyl sites for hydroxylation is 1. The smallest absolute Gasteiger partial charge is 0.255 e. The number of amides is 1. The number of anilines is 1. The van der Waals surface area contributed by atoms with E-state index in [-0.39, 0.29) is 10.8 Å². The zero-order valence-corrected chi connectivity index (χ0v) is 19.6. The zero-order chi connectivity index (χ0) is 23.3. The summed E-state index contributed by atoms with van der Waals surface area (Å²) in [5.74, 6) is -0.317. The van der Waals surface area contributed by atoms with Gasteiger partial charge in [0.2, 0.25) is 10.0 Å². The lowest BCUT2D eigenvalue weighted by atomic mass is 10.1. The predicted molar refractivity (Wildman–Crippen MR) is 130 cm³/mol. The number of nitrogens with one attached hydrogen (secondary N) is 1. The van der Waals surface area contributed by atoms with Crippen LogP contribution in [0.15, 0.2) is 71.9 Å². The third-order valence-electron chi connectivity index (χ3n) is 6.03. The van der Waals surface area contributed by atoms with Crippen LogP contribution >= 0.6 is 0 Å². The van der Waals surface area contributed by atoms with Gasteiger partial charge in [0, 0.05) is 36.7 Å². The molecule has 2 aromatic carbocycles. The molecule has 0 radical (unpaired) electrons. The van der Waals surface area contributed by atoms with Crippen molar-refractivity contribution in [2.45, 2.75) is 43.9 Å². The number of hydrogen-bond acceptors (Lipinski definition) is 4. The summed E-state index contributed by atoms with van der Waals surface area (Å²) < 4.78 is 27.9. The van der Waals surface area contributed by atoms with E-state index >= 15 is 0 Å². The van der Waals surface area contributed by atoms with Gasteiger partial charge in [0.25, 0.3) is 5.91 Å². The van der Waals surface area contributed by atoms with Crippen molar-refractivity contribution >= 4 is 21.6 Å². The summed E-state index contributed by atoms with van der Waals surface area (Å²) in [5.41, 5.74) is 4.06. The lowest BCUT2D eigenvalue weighted by Gasteiger charge is -2.20. The highest BCUT2D eigenvalue weighted by molar-refractivity contribution is 7.89. The first-order valence-electron chi connectivity index (χ1n) is 11.3. The van der Waals surface area contributed by atoms with Crippen LogP contribution in [0.25, 0.3) is 0 Å². The van der Waals surface area contributed by atoms with Crippen LogP contribution in [0, 0.1) is 6.92 Å². The van der Waals surface area contributed by atoms with Gasteiger partial charge >= 0.3 is 0 Å². The maximum Gasteiger partial charge on any atom is 0.255 e. The van der Waals surface area contributed by atoms with E-state index in [2.05, 4.69) is 10.3 Å². The molecule has 0 saturated carbocycles. The zero-order valence-electron chi connectivity index (χ0n) is 18.8. The van der Waals surface area contributed by atoms with E-state index in [0.29, 0.717) is 24.3 Å². The largest absolute Gasteiger partial charge is 0.322 e. The third-order valence-corrected chi connectivity index (χ3v) is 7.92. The van der Waals surface area contributed by atoms with Gasteiger partial charge in [-0.05, 0) is 79.3 Å². The number of hydrogen-bond donors (Lipinski definition) is 1. The fourth-order valence-electron chi connectivity index (χ4n) is 4.08.